The van der Waals surface area contributed by atoms with E-state index in [1.807, 2.05) is 31.2 Å². The largest absolute Gasteiger partial charge is 0.394 e. The zero-order chi connectivity index (χ0) is 16.4. The van der Waals surface area contributed by atoms with Crippen LogP contribution < -0.4 is 5.73 Å². The van der Waals surface area contributed by atoms with Crippen molar-refractivity contribution >= 4 is 5.82 Å². The van der Waals surface area contributed by atoms with Crippen molar-refractivity contribution in [3.63, 3.8) is 0 Å². The van der Waals surface area contributed by atoms with Crippen LogP contribution in [-0.2, 0) is 6.54 Å². The van der Waals surface area contributed by atoms with Crippen LogP contribution in [0.4, 0.5) is 5.82 Å². The highest BCUT2D eigenvalue weighted by Crippen LogP contribution is 2.24. The minimum atomic E-state index is -0.974. The Morgan fingerprint density at radius 2 is 2.04 bits per heavy atom. The van der Waals surface area contributed by atoms with Gasteiger partial charge in [0.2, 0.25) is 5.82 Å². The third-order valence-corrected chi connectivity index (χ3v) is 3.31. The SMILES string of the molecule is Cc1ccc(-c2noc(-c3nnn(CC(O)CO)c3N)n2)cc1. The first kappa shape index (κ1) is 15.1. The lowest BCUT2D eigenvalue weighted by atomic mass is 10.1. The van der Waals surface area contributed by atoms with Crippen LogP contribution in [0, 0.1) is 6.92 Å². The number of anilines is 1. The van der Waals surface area contributed by atoms with Crippen LogP contribution in [0.25, 0.3) is 23.0 Å². The maximum Gasteiger partial charge on any atom is 0.282 e. The van der Waals surface area contributed by atoms with Gasteiger partial charge in [-0.15, -0.1) is 5.10 Å². The summed E-state index contributed by atoms with van der Waals surface area (Å²) in [6.07, 6.45) is -0.974. The fourth-order valence-electron chi connectivity index (χ4n) is 2.00. The Balaban J connectivity index is 1.87. The molecule has 0 aliphatic heterocycles. The van der Waals surface area contributed by atoms with Gasteiger partial charge in [-0.3, -0.25) is 0 Å². The maximum atomic E-state index is 9.45. The lowest BCUT2D eigenvalue weighted by Gasteiger charge is -2.07. The van der Waals surface area contributed by atoms with Gasteiger partial charge < -0.3 is 20.5 Å². The van der Waals surface area contributed by atoms with E-state index in [1.54, 1.807) is 0 Å². The van der Waals surface area contributed by atoms with Gasteiger partial charge >= 0.3 is 0 Å². The molecule has 1 unspecified atom stereocenters. The summed E-state index contributed by atoms with van der Waals surface area (Å²) in [5.41, 5.74) is 8.10. The first-order valence-electron chi connectivity index (χ1n) is 6.97. The van der Waals surface area contributed by atoms with Crippen LogP contribution in [0.2, 0.25) is 0 Å². The average Bonchev–Trinajstić information content (AvgIpc) is 3.16. The molecular formula is C14H16N6O3. The fourth-order valence-corrected chi connectivity index (χ4v) is 2.00. The first-order valence-corrected chi connectivity index (χ1v) is 6.97. The summed E-state index contributed by atoms with van der Waals surface area (Å²) in [6.45, 7) is 1.62. The van der Waals surface area contributed by atoms with Crippen molar-refractivity contribution in [2.75, 3.05) is 12.3 Å². The number of hydrogen-bond donors (Lipinski definition) is 3. The van der Waals surface area contributed by atoms with Crippen LogP contribution in [0.15, 0.2) is 28.8 Å². The van der Waals surface area contributed by atoms with Gasteiger partial charge in [0.25, 0.3) is 5.89 Å². The molecule has 0 radical (unpaired) electrons. The maximum absolute atomic E-state index is 9.45. The molecule has 0 aliphatic rings. The number of hydrogen-bond acceptors (Lipinski definition) is 8. The Labute approximate surface area is 131 Å². The van der Waals surface area contributed by atoms with Crippen LogP contribution in [0.3, 0.4) is 0 Å². The molecule has 1 atom stereocenters. The Kier molecular flexibility index (Phi) is 4.04. The van der Waals surface area contributed by atoms with Gasteiger partial charge in [0.1, 0.15) is 0 Å². The van der Waals surface area contributed by atoms with Crippen LogP contribution in [0.1, 0.15) is 5.56 Å². The van der Waals surface area contributed by atoms with E-state index in [4.69, 9.17) is 15.4 Å². The van der Waals surface area contributed by atoms with Crippen molar-refractivity contribution in [2.24, 2.45) is 0 Å². The number of benzene rings is 1. The summed E-state index contributed by atoms with van der Waals surface area (Å²) in [5, 5.41) is 29.9. The summed E-state index contributed by atoms with van der Waals surface area (Å²) in [4.78, 5) is 4.27. The second-order valence-corrected chi connectivity index (χ2v) is 5.13. The molecule has 0 spiro atoms. The van der Waals surface area contributed by atoms with E-state index < -0.39 is 12.7 Å². The molecule has 23 heavy (non-hydrogen) atoms. The third-order valence-electron chi connectivity index (χ3n) is 3.31. The molecule has 3 rings (SSSR count). The van der Waals surface area contributed by atoms with E-state index in [-0.39, 0.29) is 23.9 Å². The van der Waals surface area contributed by atoms with Crippen LogP contribution in [-0.4, -0.2) is 48.1 Å². The Bertz CT molecular complexity index is 795. The lowest BCUT2D eigenvalue weighted by Crippen LogP contribution is -2.21. The van der Waals surface area contributed by atoms with Gasteiger partial charge in [-0.1, -0.05) is 40.2 Å². The average molecular weight is 316 g/mol. The molecule has 0 saturated heterocycles. The number of aromatic nitrogens is 5. The smallest absolute Gasteiger partial charge is 0.282 e. The van der Waals surface area contributed by atoms with Crippen LogP contribution in [0.5, 0.6) is 0 Å². The number of nitrogen functional groups attached to an aromatic ring is 1. The highest BCUT2D eigenvalue weighted by atomic mass is 16.5. The Morgan fingerprint density at radius 3 is 2.74 bits per heavy atom. The number of aliphatic hydroxyl groups excluding tert-OH is 2. The number of rotatable bonds is 5. The van der Waals surface area contributed by atoms with Gasteiger partial charge in [0.15, 0.2) is 11.5 Å². The molecule has 2 aromatic heterocycles. The molecule has 4 N–H and O–H groups in total. The van der Waals surface area contributed by atoms with Crippen molar-refractivity contribution in [1.82, 2.24) is 25.1 Å². The molecular weight excluding hydrogens is 300 g/mol. The van der Waals surface area contributed by atoms with Gasteiger partial charge in [0, 0.05) is 5.56 Å². The van der Waals surface area contributed by atoms with Crippen molar-refractivity contribution < 1.29 is 14.7 Å². The predicted molar refractivity (Wildman–Crippen MR) is 81.0 cm³/mol. The van der Waals surface area contributed by atoms with Gasteiger partial charge in [-0.25, -0.2) is 4.68 Å². The number of nitrogens with zero attached hydrogens (tertiary/aromatic N) is 5. The van der Waals surface area contributed by atoms with Gasteiger partial charge in [-0.2, -0.15) is 4.98 Å². The molecule has 1 aromatic carbocycles. The van der Waals surface area contributed by atoms with Crippen molar-refractivity contribution in [1.29, 1.82) is 0 Å². The second-order valence-electron chi connectivity index (χ2n) is 5.13. The standard InChI is InChI=1S/C14H16N6O3/c1-8-2-4-9(5-3-8)13-16-14(23-18-13)11-12(15)20(19-17-11)6-10(22)7-21/h2-5,10,21-22H,6-7,15H2,1H3. The van der Waals surface area contributed by atoms with E-state index in [2.05, 4.69) is 20.5 Å². The van der Waals surface area contributed by atoms with E-state index >= 15 is 0 Å². The number of aryl methyl sites for hydroxylation is 1. The highest BCUT2D eigenvalue weighted by molar-refractivity contribution is 5.64. The Hall–Kier alpha value is -2.78. The number of aliphatic hydroxyl groups is 2. The van der Waals surface area contributed by atoms with E-state index in [0.29, 0.717) is 5.82 Å². The van der Waals surface area contributed by atoms with E-state index in [1.165, 1.54) is 4.68 Å². The molecule has 0 bridgehead atoms. The van der Waals surface area contributed by atoms with Crippen molar-refractivity contribution in [2.45, 2.75) is 19.6 Å². The summed E-state index contributed by atoms with van der Waals surface area (Å²) in [6, 6.07) is 7.68. The minimum Gasteiger partial charge on any atom is -0.394 e. The molecule has 0 amide bonds. The zero-order valence-corrected chi connectivity index (χ0v) is 12.4. The van der Waals surface area contributed by atoms with Gasteiger partial charge in [0.05, 0.1) is 19.3 Å². The molecule has 9 nitrogen and oxygen atoms in total. The quantitative estimate of drug-likeness (QED) is 0.609. The zero-order valence-electron chi connectivity index (χ0n) is 12.4. The van der Waals surface area contributed by atoms with Crippen molar-refractivity contribution in [3.05, 3.63) is 29.8 Å². The molecule has 120 valence electrons. The first-order chi connectivity index (χ1) is 11.1. The van der Waals surface area contributed by atoms with Gasteiger partial charge in [-0.05, 0) is 6.92 Å². The van der Waals surface area contributed by atoms with Crippen LogP contribution >= 0.6 is 0 Å². The third kappa shape index (κ3) is 3.05. The summed E-state index contributed by atoms with van der Waals surface area (Å²) in [7, 11) is 0. The lowest BCUT2D eigenvalue weighted by molar-refractivity contribution is 0.0783. The summed E-state index contributed by atoms with van der Waals surface area (Å²) < 4.78 is 6.46. The topological polar surface area (TPSA) is 136 Å². The normalized spacial score (nSPS) is 12.5. The monoisotopic (exact) mass is 316 g/mol. The van der Waals surface area contributed by atoms with E-state index in [9.17, 15) is 5.11 Å². The number of nitrogens with two attached hydrogens (primary N) is 1. The van der Waals surface area contributed by atoms with Crippen molar-refractivity contribution in [3.8, 4) is 23.0 Å². The molecule has 0 saturated carbocycles. The van der Waals surface area contributed by atoms with E-state index in [0.717, 1.165) is 11.1 Å². The summed E-state index contributed by atoms with van der Waals surface area (Å²) >= 11 is 0. The second kappa shape index (κ2) is 6.15. The minimum absolute atomic E-state index is 0.0221. The highest BCUT2D eigenvalue weighted by Gasteiger charge is 2.20. The molecule has 0 fully saturated rings. The predicted octanol–water partition coefficient (Wildman–Crippen LogP) is 0.239. The molecule has 0 aliphatic carbocycles. The Morgan fingerprint density at radius 1 is 1.30 bits per heavy atom. The molecule has 2 heterocycles. The molecule has 3 aromatic rings. The fraction of sp³-hybridized carbons (Fsp3) is 0.286. The molecule has 9 heteroatoms. The summed E-state index contributed by atoms with van der Waals surface area (Å²) in [5.74, 6) is 0.740.